The van der Waals surface area contributed by atoms with E-state index < -0.39 is 0 Å². The summed E-state index contributed by atoms with van der Waals surface area (Å²) in [6, 6.07) is 2.22. The molecule has 0 aliphatic carbocycles. The van der Waals surface area contributed by atoms with Gasteiger partial charge in [0.15, 0.2) is 0 Å². The highest BCUT2D eigenvalue weighted by Gasteiger charge is 2.25. The molecule has 3 nitrogen and oxygen atoms in total. The van der Waals surface area contributed by atoms with Crippen LogP contribution >= 0.6 is 0 Å². The van der Waals surface area contributed by atoms with E-state index in [1.54, 1.807) is 0 Å². The maximum atomic E-state index is 11.3. The molecule has 2 rings (SSSR count). The third-order valence-corrected chi connectivity index (χ3v) is 4.10. The Morgan fingerprint density at radius 3 is 2.71 bits per heavy atom. The maximum Gasteiger partial charge on any atom is 0.225 e. The standard InChI is InChI=1S/C14H20N2O/c1-4-14(3,5-2)11-8-10-6-7-12(17)16-13(10)15-9-11/h8-9H,4-7H2,1-3H3,(H,15,16,17). The van der Waals surface area contributed by atoms with Crippen molar-refractivity contribution in [3.05, 3.63) is 23.4 Å². The minimum atomic E-state index is 0.0755. The summed E-state index contributed by atoms with van der Waals surface area (Å²) in [5.41, 5.74) is 2.66. The largest absolute Gasteiger partial charge is 0.310 e. The normalized spacial score (nSPS) is 15.4. The molecule has 0 fully saturated rings. The van der Waals surface area contributed by atoms with Gasteiger partial charge in [0.2, 0.25) is 5.91 Å². The van der Waals surface area contributed by atoms with Gasteiger partial charge in [0.25, 0.3) is 0 Å². The molecule has 0 bridgehead atoms. The molecule has 0 aromatic carbocycles. The Balaban J connectivity index is 2.37. The smallest absolute Gasteiger partial charge is 0.225 e. The van der Waals surface area contributed by atoms with Crippen LogP contribution < -0.4 is 5.32 Å². The van der Waals surface area contributed by atoms with Crippen LogP contribution in [-0.4, -0.2) is 10.9 Å². The van der Waals surface area contributed by atoms with Gasteiger partial charge in [-0.1, -0.05) is 26.8 Å². The molecule has 92 valence electrons. The molecule has 0 spiro atoms. The van der Waals surface area contributed by atoms with Crippen molar-refractivity contribution in [3.8, 4) is 0 Å². The Hall–Kier alpha value is -1.38. The first-order valence-corrected chi connectivity index (χ1v) is 6.38. The highest BCUT2D eigenvalue weighted by Crippen LogP contribution is 2.33. The Bertz CT molecular complexity index is 436. The first-order chi connectivity index (χ1) is 8.09. The number of aryl methyl sites for hydroxylation is 1. The van der Waals surface area contributed by atoms with Gasteiger partial charge in [0.05, 0.1) is 0 Å². The van der Waals surface area contributed by atoms with E-state index in [4.69, 9.17) is 0 Å². The van der Waals surface area contributed by atoms with Crippen molar-refractivity contribution in [2.75, 3.05) is 5.32 Å². The molecule has 1 aromatic heterocycles. The maximum absolute atomic E-state index is 11.3. The highest BCUT2D eigenvalue weighted by atomic mass is 16.1. The van der Waals surface area contributed by atoms with Gasteiger partial charge >= 0.3 is 0 Å². The second-order valence-electron chi connectivity index (χ2n) is 5.05. The van der Waals surface area contributed by atoms with Crippen molar-refractivity contribution in [1.29, 1.82) is 0 Å². The van der Waals surface area contributed by atoms with E-state index in [0.717, 1.165) is 25.1 Å². The van der Waals surface area contributed by atoms with Crippen molar-refractivity contribution < 1.29 is 4.79 Å². The fraction of sp³-hybridized carbons (Fsp3) is 0.571. The number of carbonyl (C=O) groups is 1. The van der Waals surface area contributed by atoms with Crippen LogP contribution in [0, 0.1) is 0 Å². The minimum absolute atomic E-state index is 0.0755. The summed E-state index contributed by atoms with van der Waals surface area (Å²) in [6.45, 7) is 6.70. The van der Waals surface area contributed by atoms with Gasteiger partial charge in [-0.15, -0.1) is 0 Å². The van der Waals surface area contributed by atoms with Gasteiger partial charge in [0.1, 0.15) is 5.82 Å². The van der Waals surface area contributed by atoms with Crippen LogP contribution in [0.1, 0.15) is 51.2 Å². The number of hydrogen-bond donors (Lipinski definition) is 1. The lowest BCUT2D eigenvalue weighted by Crippen LogP contribution is -2.24. The number of aromatic nitrogens is 1. The van der Waals surface area contributed by atoms with Gasteiger partial charge in [-0.25, -0.2) is 4.98 Å². The number of rotatable bonds is 3. The fourth-order valence-corrected chi connectivity index (χ4v) is 2.24. The predicted molar refractivity (Wildman–Crippen MR) is 69.1 cm³/mol. The number of nitrogens with one attached hydrogen (secondary N) is 1. The number of fused-ring (bicyclic) bond motifs is 1. The van der Waals surface area contributed by atoms with E-state index in [9.17, 15) is 4.79 Å². The van der Waals surface area contributed by atoms with Crippen molar-refractivity contribution in [1.82, 2.24) is 4.98 Å². The lowest BCUT2D eigenvalue weighted by Gasteiger charge is -2.28. The summed E-state index contributed by atoms with van der Waals surface area (Å²) in [4.78, 5) is 15.7. The highest BCUT2D eigenvalue weighted by molar-refractivity contribution is 5.92. The second-order valence-corrected chi connectivity index (χ2v) is 5.05. The number of anilines is 1. The summed E-state index contributed by atoms with van der Waals surface area (Å²) >= 11 is 0. The molecular formula is C14H20N2O. The second kappa shape index (κ2) is 4.47. The van der Waals surface area contributed by atoms with Gasteiger partial charge in [-0.2, -0.15) is 0 Å². The van der Waals surface area contributed by atoms with Crippen molar-refractivity contribution >= 4 is 11.7 Å². The van der Waals surface area contributed by atoms with Crippen molar-refractivity contribution in [3.63, 3.8) is 0 Å². The molecule has 0 atom stereocenters. The van der Waals surface area contributed by atoms with Crippen LogP contribution in [-0.2, 0) is 16.6 Å². The molecule has 0 radical (unpaired) electrons. The van der Waals surface area contributed by atoms with Gasteiger partial charge in [0, 0.05) is 12.6 Å². The molecular weight excluding hydrogens is 212 g/mol. The average molecular weight is 232 g/mol. The monoisotopic (exact) mass is 232 g/mol. The lowest BCUT2D eigenvalue weighted by molar-refractivity contribution is -0.116. The van der Waals surface area contributed by atoms with Crippen LogP contribution in [0.4, 0.5) is 5.82 Å². The molecule has 1 aliphatic rings. The van der Waals surface area contributed by atoms with E-state index >= 15 is 0 Å². The van der Waals surface area contributed by atoms with E-state index in [1.165, 1.54) is 11.1 Å². The molecule has 0 unspecified atom stereocenters. The van der Waals surface area contributed by atoms with Crippen molar-refractivity contribution in [2.45, 2.75) is 51.9 Å². The summed E-state index contributed by atoms with van der Waals surface area (Å²) < 4.78 is 0. The molecule has 1 amide bonds. The molecule has 17 heavy (non-hydrogen) atoms. The zero-order chi connectivity index (χ0) is 12.5. The van der Waals surface area contributed by atoms with Crippen LogP contribution in [0.3, 0.4) is 0 Å². The zero-order valence-corrected chi connectivity index (χ0v) is 10.8. The van der Waals surface area contributed by atoms with Crippen LogP contribution in [0.15, 0.2) is 12.3 Å². The Labute approximate surface area is 103 Å². The average Bonchev–Trinajstić information content (AvgIpc) is 2.37. The van der Waals surface area contributed by atoms with E-state index in [-0.39, 0.29) is 11.3 Å². The first kappa shape index (κ1) is 12.1. The zero-order valence-electron chi connectivity index (χ0n) is 10.8. The van der Waals surface area contributed by atoms with E-state index in [2.05, 4.69) is 37.1 Å². The molecule has 0 saturated heterocycles. The molecule has 0 saturated carbocycles. The summed E-state index contributed by atoms with van der Waals surface area (Å²) in [5, 5.41) is 2.82. The number of amides is 1. The van der Waals surface area contributed by atoms with Gasteiger partial charge < -0.3 is 5.32 Å². The quantitative estimate of drug-likeness (QED) is 0.870. The first-order valence-electron chi connectivity index (χ1n) is 6.38. The van der Waals surface area contributed by atoms with E-state index in [1.807, 2.05) is 6.20 Å². The third-order valence-electron chi connectivity index (χ3n) is 4.10. The number of nitrogens with zero attached hydrogens (tertiary/aromatic N) is 1. The fourth-order valence-electron chi connectivity index (χ4n) is 2.24. The van der Waals surface area contributed by atoms with E-state index in [0.29, 0.717) is 6.42 Å². The number of pyridine rings is 1. The van der Waals surface area contributed by atoms with Crippen LogP contribution in [0.25, 0.3) is 0 Å². The van der Waals surface area contributed by atoms with Gasteiger partial charge in [-0.3, -0.25) is 4.79 Å². The van der Waals surface area contributed by atoms with Crippen LogP contribution in [0.2, 0.25) is 0 Å². The van der Waals surface area contributed by atoms with Gasteiger partial charge in [-0.05, 0) is 35.8 Å². The molecule has 1 aromatic rings. The third kappa shape index (κ3) is 2.19. The summed E-state index contributed by atoms with van der Waals surface area (Å²) in [5.74, 6) is 0.825. The molecule has 2 heterocycles. The Morgan fingerprint density at radius 2 is 2.06 bits per heavy atom. The molecule has 1 aliphatic heterocycles. The minimum Gasteiger partial charge on any atom is -0.310 e. The summed E-state index contributed by atoms with van der Waals surface area (Å²) in [7, 11) is 0. The van der Waals surface area contributed by atoms with Crippen LogP contribution in [0.5, 0.6) is 0 Å². The Morgan fingerprint density at radius 1 is 1.35 bits per heavy atom. The molecule has 1 N–H and O–H groups in total. The Kier molecular flexibility index (Phi) is 3.18. The topological polar surface area (TPSA) is 42.0 Å². The summed E-state index contributed by atoms with van der Waals surface area (Å²) in [6.07, 6.45) is 5.52. The van der Waals surface area contributed by atoms with Crippen molar-refractivity contribution in [2.24, 2.45) is 0 Å². The number of carbonyl (C=O) groups excluding carboxylic acids is 1. The predicted octanol–water partition coefficient (Wildman–Crippen LogP) is 3.04. The SMILES string of the molecule is CCC(C)(CC)c1cnc2c(c1)CCC(=O)N2. The molecule has 3 heteroatoms. The lowest BCUT2D eigenvalue weighted by atomic mass is 9.78. The number of hydrogen-bond acceptors (Lipinski definition) is 2.